The third-order valence-electron chi connectivity index (χ3n) is 2.61. The number of thiazole rings is 2. The number of hydrogen-bond acceptors (Lipinski definition) is 9. The van der Waals surface area contributed by atoms with Crippen LogP contribution in [0.1, 0.15) is 25.7 Å². The summed E-state index contributed by atoms with van der Waals surface area (Å²) >= 11 is 3.41. The number of aromatic nitrogens is 2. The Bertz CT molecular complexity index is 435. The summed E-state index contributed by atoms with van der Waals surface area (Å²) in [5, 5.41) is 4.04. The van der Waals surface area contributed by atoms with Crippen LogP contribution in [0.2, 0.25) is 0 Å². The summed E-state index contributed by atoms with van der Waals surface area (Å²) in [5.74, 6) is 2.33. The van der Waals surface area contributed by atoms with Gasteiger partial charge in [0.2, 0.25) is 0 Å². The Morgan fingerprint density at radius 2 is 1.30 bits per heavy atom. The zero-order valence-electron chi connectivity index (χ0n) is 12.7. The van der Waals surface area contributed by atoms with E-state index in [2.05, 4.69) is 9.97 Å². The average Bonchev–Trinajstić information content (AvgIpc) is 3.25. The molecule has 0 spiro atoms. The van der Waals surface area contributed by atoms with Gasteiger partial charge < -0.3 is 4.74 Å². The van der Waals surface area contributed by atoms with Gasteiger partial charge in [0, 0.05) is 47.9 Å². The van der Waals surface area contributed by atoms with E-state index in [1.807, 2.05) is 44.7 Å². The molecule has 0 amide bonds. The van der Waals surface area contributed by atoms with Crippen molar-refractivity contribution in [2.24, 2.45) is 0 Å². The smallest absolute Gasteiger partial charge is 0.160 e. The monoisotopic (exact) mass is 424 g/mol. The molecule has 2 aromatic heterocycles. The summed E-state index contributed by atoms with van der Waals surface area (Å²) in [6.45, 7) is 1.78. The largest absolute Gasteiger partial charge is 0.381 e. The maximum atomic E-state index is 5.69. The molecule has 2 rings (SSSR count). The van der Waals surface area contributed by atoms with E-state index < -0.39 is 0 Å². The van der Waals surface area contributed by atoms with Crippen molar-refractivity contribution >= 4 is 65.8 Å². The first-order valence-electron chi connectivity index (χ1n) is 7.41. The Kier molecular flexibility index (Phi) is 12.0. The van der Waals surface area contributed by atoms with Crippen LogP contribution in [-0.2, 0) is 4.74 Å². The van der Waals surface area contributed by atoms with Crippen LogP contribution in [0, 0.1) is 0 Å². The van der Waals surface area contributed by atoms with E-state index in [1.54, 1.807) is 44.3 Å². The second kappa shape index (κ2) is 13.9. The van der Waals surface area contributed by atoms with Gasteiger partial charge in [0.1, 0.15) is 0 Å². The lowest BCUT2D eigenvalue weighted by molar-refractivity contribution is 0.129. The van der Waals surface area contributed by atoms with Gasteiger partial charge in [0.15, 0.2) is 8.68 Å². The lowest BCUT2D eigenvalue weighted by Gasteiger charge is -2.04. The Labute approximate surface area is 162 Å². The first kappa shape index (κ1) is 19.9. The molecule has 23 heavy (non-hydrogen) atoms. The van der Waals surface area contributed by atoms with Crippen LogP contribution in [0.5, 0.6) is 0 Å². The lowest BCUT2D eigenvalue weighted by atomic mass is 10.3. The highest BCUT2D eigenvalue weighted by Crippen LogP contribution is 2.33. The number of nitrogens with zero attached hydrogens (tertiary/aromatic N) is 2. The van der Waals surface area contributed by atoms with Crippen molar-refractivity contribution in [2.45, 2.75) is 34.4 Å². The molecule has 0 N–H and O–H groups in total. The van der Waals surface area contributed by atoms with E-state index in [9.17, 15) is 0 Å². The minimum absolute atomic E-state index is 0.892. The maximum Gasteiger partial charge on any atom is 0.160 e. The zero-order valence-corrected chi connectivity index (χ0v) is 17.6. The maximum absolute atomic E-state index is 5.69. The van der Waals surface area contributed by atoms with E-state index >= 15 is 0 Å². The van der Waals surface area contributed by atoms with Gasteiger partial charge in [0.25, 0.3) is 0 Å². The number of rotatable bonds is 14. The highest BCUT2D eigenvalue weighted by atomic mass is 33.1. The van der Waals surface area contributed by atoms with Crippen molar-refractivity contribution in [3.05, 3.63) is 23.2 Å². The van der Waals surface area contributed by atoms with Crippen molar-refractivity contribution in [3.8, 4) is 0 Å². The second-order valence-electron chi connectivity index (χ2n) is 4.43. The molecule has 0 saturated carbocycles. The van der Waals surface area contributed by atoms with E-state index in [-0.39, 0.29) is 0 Å². The van der Waals surface area contributed by atoms with Crippen molar-refractivity contribution in [2.75, 3.05) is 24.7 Å². The number of ether oxygens (including phenoxy) is 1. The summed E-state index contributed by atoms with van der Waals surface area (Å²) in [4.78, 5) is 8.50. The van der Waals surface area contributed by atoms with Gasteiger partial charge in [-0.15, -0.1) is 22.7 Å². The number of hydrogen-bond donors (Lipinski definition) is 0. The van der Waals surface area contributed by atoms with Crippen LogP contribution in [-0.4, -0.2) is 34.7 Å². The lowest BCUT2D eigenvalue weighted by Crippen LogP contribution is -1.98. The van der Waals surface area contributed by atoms with Crippen LogP contribution in [0.4, 0.5) is 0 Å². The van der Waals surface area contributed by atoms with Crippen LogP contribution >= 0.6 is 65.8 Å². The van der Waals surface area contributed by atoms with E-state index in [0.29, 0.717) is 0 Å². The van der Waals surface area contributed by atoms with Crippen LogP contribution in [0.25, 0.3) is 0 Å². The van der Waals surface area contributed by atoms with Crippen LogP contribution < -0.4 is 0 Å². The summed E-state index contributed by atoms with van der Waals surface area (Å²) in [7, 11) is 7.34. The molecule has 3 nitrogen and oxygen atoms in total. The van der Waals surface area contributed by atoms with Crippen molar-refractivity contribution in [3.63, 3.8) is 0 Å². The molecule has 2 heterocycles. The fraction of sp³-hybridized carbons (Fsp3) is 0.571. The molecule has 9 heteroatoms. The normalized spacial score (nSPS) is 11.1. The molecule has 0 aromatic carbocycles. The molecule has 0 aliphatic heterocycles. The van der Waals surface area contributed by atoms with Crippen LogP contribution in [0.3, 0.4) is 0 Å². The Morgan fingerprint density at radius 1 is 0.783 bits per heavy atom. The van der Waals surface area contributed by atoms with E-state index in [1.165, 1.54) is 12.8 Å². The van der Waals surface area contributed by atoms with Gasteiger partial charge in [-0.25, -0.2) is 9.97 Å². The molecule has 0 unspecified atom stereocenters. The molecular formula is C14H20N2OS6. The third-order valence-corrected chi connectivity index (χ3v) is 9.75. The molecule has 128 valence electrons. The predicted octanol–water partition coefficient (Wildman–Crippen LogP) is 6.36. The first-order chi connectivity index (χ1) is 11.4. The molecule has 0 saturated heterocycles. The fourth-order valence-electron chi connectivity index (χ4n) is 1.52. The molecule has 2 aromatic rings. The molecular weight excluding hydrogens is 405 g/mol. The van der Waals surface area contributed by atoms with Crippen molar-refractivity contribution in [1.82, 2.24) is 9.97 Å². The molecule has 0 atom stereocenters. The average molecular weight is 425 g/mol. The van der Waals surface area contributed by atoms with Crippen molar-refractivity contribution < 1.29 is 4.74 Å². The topological polar surface area (TPSA) is 35.0 Å². The van der Waals surface area contributed by atoms with Gasteiger partial charge in [-0.1, -0.05) is 21.6 Å². The van der Waals surface area contributed by atoms with E-state index in [4.69, 9.17) is 4.74 Å². The second-order valence-corrected chi connectivity index (χ2v) is 11.5. The standard InChI is InChI=1S/C14H20N2OS6/c1(3-9-20-22-13-15-5-11-18-13)7-17-8-2-4-10-21-23-14-16-6-12-19-14/h5-6,11-12H,1-4,7-10H2. The van der Waals surface area contributed by atoms with Gasteiger partial charge in [-0.3, -0.25) is 0 Å². The minimum atomic E-state index is 0.892. The van der Waals surface area contributed by atoms with Crippen molar-refractivity contribution in [1.29, 1.82) is 0 Å². The fourth-order valence-corrected chi connectivity index (χ4v) is 7.75. The quantitative estimate of drug-likeness (QED) is 0.258. The highest BCUT2D eigenvalue weighted by molar-refractivity contribution is 8.77. The number of unbranched alkanes of at least 4 members (excludes halogenated alkanes) is 2. The first-order valence-corrected chi connectivity index (χ1v) is 13.8. The van der Waals surface area contributed by atoms with Gasteiger partial charge >= 0.3 is 0 Å². The predicted molar refractivity (Wildman–Crippen MR) is 110 cm³/mol. The van der Waals surface area contributed by atoms with E-state index in [0.717, 1.165) is 46.2 Å². The summed E-state index contributed by atoms with van der Waals surface area (Å²) in [5.41, 5.74) is 0. The summed E-state index contributed by atoms with van der Waals surface area (Å²) in [6.07, 6.45) is 8.45. The van der Waals surface area contributed by atoms with Crippen LogP contribution in [0.15, 0.2) is 31.8 Å². The van der Waals surface area contributed by atoms with Gasteiger partial charge in [-0.2, -0.15) is 0 Å². The Morgan fingerprint density at radius 3 is 1.74 bits per heavy atom. The van der Waals surface area contributed by atoms with Gasteiger partial charge in [0.05, 0.1) is 0 Å². The summed E-state index contributed by atoms with van der Waals surface area (Å²) in [6, 6.07) is 0. The Hall–Kier alpha value is 0.620. The van der Waals surface area contributed by atoms with Gasteiger partial charge in [-0.05, 0) is 47.3 Å². The SMILES string of the molecule is c1csc(SSCCCCOCCCCSSc2nccs2)n1. The minimum Gasteiger partial charge on any atom is -0.381 e. The molecule has 0 aliphatic rings. The molecule has 0 fully saturated rings. The highest BCUT2D eigenvalue weighted by Gasteiger charge is 1.98. The molecule has 0 bridgehead atoms. The Balaban J connectivity index is 1.27. The summed E-state index contributed by atoms with van der Waals surface area (Å²) < 4.78 is 7.99. The third kappa shape index (κ3) is 10.3. The molecule has 0 aliphatic carbocycles. The molecule has 0 radical (unpaired) electrons. The zero-order chi connectivity index (χ0) is 16.0.